The lowest BCUT2D eigenvalue weighted by Gasteiger charge is -2.43. The molecule has 14 heteroatoms. The summed E-state index contributed by atoms with van der Waals surface area (Å²) in [4.78, 5) is 61.5. The molecule has 0 aromatic heterocycles. The van der Waals surface area contributed by atoms with Crippen molar-refractivity contribution >= 4 is 54.1 Å². The van der Waals surface area contributed by atoms with Gasteiger partial charge in [-0.05, 0) is 44.4 Å². The van der Waals surface area contributed by atoms with E-state index in [1.807, 2.05) is 0 Å². The predicted octanol–water partition coefficient (Wildman–Crippen LogP) is 0.652. The molecule has 3 amide bonds. The quantitative estimate of drug-likeness (QED) is 0.197. The zero-order valence-electron chi connectivity index (χ0n) is 21.8. The Bertz CT molecular complexity index is 1130. The number of carbonyl (C=O) groups excluding carboxylic acids is 3. The molecule has 0 bridgehead atoms. The zero-order chi connectivity index (χ0) is 29.2. The molecule has 214 valence electrons. The van der Waals surface area contributed by atoms with Crippen LogP contribution in [0.1, 0.15) is 45.2 Å². The van der Waals surface area contributed by atoms with E-state index in [9.17, 15) is 34.2 Å². The van der Waals surface area contributed by atoms with Crippen molar-refractivity contribution in [3.63, 3.8) is 0 Å². The monoisotopic (exact) mass is 582 g/mol. The number of rotatable bonds is 7. The van der Waals surface area contributed by atoms with Crippen LogP contribution in [0.25, 0.3) is 0 Å². The van der Waals surface area contributed by atoms with Gasteiger partial charge in [0.2, 0.25) is 17.7 Å². The van der Waals surface area contributed by atoms with E-state index >= 15 is 0 Å². The van der Waals surface area contributed by atoms with Crippen LogP contribution in [-0.4, -0.2) is 95.3 Å². The van der Waals surface area contributed by atoms with Gasteiger partial charge in [0.25, 0.3) is 0 Å². The molecule has 6 N–H and O–H groups in total. The van der Waals surface area contributed by atoms with Gasteiger partial charge in [-0.3, -0.25) is 14.4 Å². The topological polar surface area (TPSA) is 191 Å². The maximum atomic E-state index is 12.3. The van der Waals surface area contributed by atoms with Crippen LogP contribution in [0.15, 0.2) is 24.3 Å². The Morgan fingerprint density at radius 1 is 1.18 bits per heavy atom. The number of β-lactam (4-membered cyclic amide) rings is 1. The van der Waals surface area contributed by atoms with Crippen molar-refractivity contribution in [2.75, 3.05) is 12.3 Å². The number of nitrogens with two attached hydrogens (primary N) is 1. The maximum Gasteiger partial charge on any atom is 0.327 e. The van der Waals surface area contributed by atoms with Crippen molar-refractivity contribution in [3.05, 3.63) is 29.8 Å². The van der Waals surface area contributed by atoms with Crippen molar-refractivity contribution in [1.29, 1.82) is 0 Å². The number of thioether (sulfide) groups is 1. The van der Waals surface area contributed by atoms with Gasteiger partial charge < -0.3 is 36.2 Å². The minimum absolute atomic E-state index is 0.0606. The maximum absolute atomic E-state index is 12.3. The Morgan fingerprint density at radius 3 is 2.33 bits per heavy atom. The highest BCUT2D eigenvalue weighted by atomic mass is 32.2. The van der Waals surface area contributed by atoms with Crippen LogP contribution in [0.2, 0.25) is 0 Å². The number of nitrogens with zero attached hydrogens (tertiary/aromatic N) is 2. The lowest BCUT2D eigenvalue weighted by Crippen LogP contribution is -2.71. The number of phenols is 1. The fraction of sp³-hybridized carbons (Fsp3) is 0.560. The highest BCUT2D eigenvalue weighted by Gasteiger charge is 2.64. The Balaban J connectivity index is 0.000000255. The molecule has 12 nitrogen and oxygen atoms in total. The van der Waals surface area contributed by atoms with E-state index in [1.54, 1.807) is 20.8 Å². The molecule has 3 saturated heterocycles. The summed E-state index contributed by atoms with van der Waals surface area (Å²) in [5.41, 5.74) is 6.41. The molecular weight excluding hydrogens is 548 g/mol. The number of aliphatic carboxylic acids is 2. The lowest BCUT2D eigenvalue weighted by molar-refractivity contribution is -0.161. The Morgan fingerprint density at radius 2 is 1.79 bits per heavy atom. The predicted molar refractivity (Wildman–Crippen MR) is 146 cm³/mol. The van der Waals surface area contributed by atoms with Crippen molar-refractivity contribution in [2.24, 2.45) is 11.7 Å². The lowest BCUT2D eigenvalue weighted by atomic mass is 9.95. The van der Waals surface area contributed by atoms with Crippen LogP contribution < -0.4 is 11.1 Å². The molecule has 0 unspecified atom stereocenters. The third kappa shape index (κ3) is 6.28. The van der Waals surface area contributed by atoms with Crippen LogP contribution in [0.3, 0.4) is 0 Å². The van der Waals surface area contributed by atoms with Crippen LogP contribution in [0.4, 0.5) is 0 Å². The van der Waals surface area contributed by atoms with Crippen LogP contribution in [0, 0.1) is 5.92 Å². The first-order chi connectivity index (χ1) is 18.2. The van der Waals surface area contributed by atoms with Gasteiger partial charge in [-0.15, -0.1) is 11.8 Å². The number of aromatic hydroxyl groups is 1. The van der Waals surface area contributed by atoms with Gasteiger partial charge in [0.15, 0.2) is 0 Å². The van der Waals surface area contributed by atoms with E-state index in [4.69, 9.17) is 10.8 Å². The van der Waals surface area contributed by atoms with E-state index < -0.39 is 58.0 Å². The van der Waals surface area contributed by atoms with Gasteiger partial charge in [-0.25, -0.2) is 9.59 Å². The average molecular weight is 583 g/mol. The van der Waals surface area contributed by atoms with E-state index in [1.165, 1.54) is 45.8 Å². The van der Waals surface area contributed by atoms with Crippen LogP contribution >= 0.6 is 24.4 Å². The van der Waals surface area contributed by atoms with Gasteiger partial charge >= 0.3 is 11.9 Å². The third-order valence-electron chi connectivity index (χ3n) is 7.02. The van der Waals surface area contributed by atoms with E-state index in [0.717, 1.165) is 6.42 Å². The summed E-state index contributed by atoms with van der Waals surface area (Å²) in [6.45, 7) is 5.87. The second kappa shape index (κ2) is 12.0. The summed E-state index contributed by atoms with van der Waals surface area (Å²) in [6, 6.07) is 2.59. The van der Waals surface area contributed by atoms with Crippen molar-refractivity contribution in [2.45, 2.75) is 67.9 Å². The largest absolute Gasteiger partial charge is 0.508 e. The van der Waals surface area contributed by atoms with Crippen LogP contribution in [0.5, 0.6) is 5.75 Å². The number of likely N-dealkylation sites (tertiary alicyclic amines) is 1. The van der Waals surface area contributed by atoms with Crippen molar-refractivity contribution in [3.8, 4) is 5.75 Å². The van der Waals surface area contributed by atoms with Gasteiger partial charge in [-0.2, -0.15) is 12.6 Å². The molecule has 39 heavy (non-hydrogen) atoms. The molecule has 3 fully saturated rings. The summed E-state index contributed by atoms with van der Waals surface area (Å²) in [7, 11) is 0. The molecule has 6 atom stereocenters. The summed E-state index contributed by atoms with van der Waals surface area (Å²) in [5.74, 6) is -2.67. The number of carboxylic acid groups (broad SMARTS) is 2. The minimum atomic E-state index is -1.06. The molecule has 1 aromatic rings. The van der Waals surface area contributed by atoms with Crippen molar-refractivity contribution < 1.29 is 39.3 Å². The highest BCUT2D eigenvalue weighted by Crippen LogP contribution is 2.50. The number of hydrogen-bond acceptors (Lipinski definition) is 9. The summed E-state index contributed by atoms with van der Waals surface area (Å²) in [6.07, 6.45) is 1.35. The number of phenolic OH excluding ortho intramolecular Hbond substituents is 1. The summed E-state index contributed by atoms with van der Waals surface area (Å²) < 4.78 is -0.648. The Hall–Kier alpha value is -2.97. The fourth-order valence-electron chi connectivity index (χ4n) is 4.87. The van der Waals surface area contributed by atoms with E-state index in [2.05, 4.69) is 17.9 Å². The molecule has 3 heterocycles. The first kappa shape index (κ1) is 30.6. The SMILES string of the molecule is CC1(C)S[C@@H]2[C@H](NC(=O)[C@H](N)c3ccc(O)cc3)C(=O)N2[C@H]1C(=O)O.C[C@H](CS)C(=O)N1CCC[C@H]1C(=O)O. The highest BCUT2D eigenvalue weighted by molar-refractivity contribution is 8.01. The third-order valence-corrected chi connectivity index (χ3v) is 9.14. The summed E-state index contributed by atoms with van der Waals surface area (Å²) in [5, 5.41) is 29.7. The second-order valence-corrected chi connectivity index (χ2v) is 12.4. The van der Waals surface area contributed by atoms with E-state index in [0.29, 0.717) is 24.3 Å². The molecular formula is C25H34N4O8S2. The number of benzene rings is 1. The normalized spacial score (nSPS) is 26.4. The molecule has 1 aromatic carbocycles. The number of amides is 3. The van der Waals surface area contributed by atoms with Gasteiger partial charge in [0.1, 0.15) is 35.3 Å². The Kier molecular flexibility index (Phi) is 9.44. The van der Waals surface area contributed by atoms with E-state index in [-0.39, 0.29) is 17.6 Å². The molecule has 0 spiro atoms. The molecule has 3 aliphatic heterocycles. The Labute approximate surface area is 235 Å². The number of carbonyl (C=O) groups is 5. The fourth-order valence-corrected chi connectivity index (χ4v) is 6.65. The number of thiol groups is 1. The molecule has 0 saturated carbocycles. The first-order valence-corrected chi connectivity index (χ1v) is 13.9. The van der Waals surface area contributed by atoms with Gasteiger partial charge in [0, 0.05) is 23.0 Å². The van der Waals surface area contributed by atoms with Crippen LogP contribution in [-0.2, 0) is 24.0 Å². The zero-order valence-corrected chi connectivity index (χ0v) is 23.5. The van der Waals surface area contributed by atoms with Gasteiger partial charge in [0.05, 0.1) is 0 Å². The second-order valence-electron chi connectivity index (χ2n) is 10.3. The molecule has 4 rings (SSSR count). The first-order valence-electron chi connectivity index (χ1n) is 12.4. The van der Waals surface area contributed by atoms with Gasteiger partial charge in [-0.1, -0.05) is 19.1 Å². The minimum Gasteiger partial charge on any atom is -0.508 e. The molecule has 3 aliphatic rings. The molecule has 0 aliphatic carbocycles. The number of hydrogen-bond donors (Lipinski definition) is 6. The van der Waals surface area contributed by atoms with Crippen molar-refractivity contribution in [1.82, 2.24) is 15.1 Å². The number of carboxylic acids is 2. The average Bonchev–Trinajstić information content (AvgIpc) is 3.47. The molecule has 0 radical (unpaired) electrons. The number of fused-ring (bicyclic) bond motifs is 1. The standard InChI is InChI=1S/C16H19N3O5S.C9H15NO3S/c1-16(2)11(15(23)24)19-13(22)10(14(19)25-16)18-12(21)9(17)7-3-5-8(20)6-4-7;1-6(5-14)8(11)10-4-2-3-7(10)9(12)13/h3-6,9-11,14,20H,17H2,1-2H3,(H,18,21)(H,23,24);6-7,14H,2-5H2,1H3,(H,12,13)/t9-,10-,11+,14-;6-,7+/m11/s1. The summed E-state index contributed by atoms with van der Waals surface area (Å²) >= 11 is 5.39. The smallest absolute Gasteiger partial charge is 0.327 e. The number of nitrogens with one attached hydrogen (secondary N) is 1.